The normalized spacial score (nSPS) is 10.5. The molecule has 1 heterocycles. The quantitative estimate of drug-likeness (QED) is 0.512. The fourth-order valence-corrected chi connectivity index (χ4v) is 1.78. The Morgan fingerprint density at radius 3 is 2.67 bits per heavy atom. The van der Waals surface area contributed by atoms with E-state index in [1.165, 1.54) is 7.11 Å². The Balaban J connectivity index is 3.27. The first-order chi connectivity index (χ1) is 6.97. The molecule has 82 valence electrons. The van der Waals surface area contributed by atoms with Crippen LogP contribution in [0.15, 0.2) is 6.07 Å². The smallest absolute Gasteiger partial charge is 0.342 e. The summed E-state index contributed by atoms with van der Waals surface area (Å²) in [5.41, 5.74) is 4.96. The lowest BCUT2D eigenvalue weighted by atomic mass is 10.2. The van der Waals surface area contributed by atoms with Gasteiger partial charge in [-0.15, -0.1) is 0 Å². The van der Waals surface area contributed by atoms with Gasteiger partial charge in [-0.3, -0.25) is 0 Å². The largest absolute Gasteiger partial charge is 0.465 e. The van der Waals surface area contributed by atoms with Crippen LogP contribution in [0.4, 0.5) is 14.5 Å². The van der Waals surface area contributed by atoms with Crippen molar-refractivity contribution in [2.24, 2.45) is 0 Å². The molecule has 4 nitrogen and oxygen atoms in total. The van der Waals surface area contributed by atoms with E-state index in [0.29, 0.717) is 0 Å². The zero-order valence-electron chi connectivity index (χ0n) is 7.63. The van der Waals surface area contributed by atoms with Crippen LogP contribution in [0, 0.1) is 3.70 Å². The third-order valence-electron chi connectivity index (χ3n) is 1.64. The Hall–Kier alpha value is -0.990. The number of alkyl halides is 2. The number of nitrogens with zero attached hydrogens (tertiary/aromatic N) is 1. The van der Waals surface area contributed by atoms with Crippen molar-refractivity contribution in [2.75, 3.05) is 12.8 Å². The summed E-state index contributed by atoms with van der Waals surface area (Å²) in [4.78, 5) is 14.8. The number of methoxy groups -OCH3 is 1. The molecule has 0 unspecified atom stereocenters. The van der Waals surface area contributed by atoms with Gasteiger partial charge in [0.2, 0.25) is 0 Å². The molecule has 0 aliphatic rings. The first kappa shape index (κ1) is 12.1. The second-order valence-electron chi connectivity index (χ2n) is 2.59. The third kappa shape index (κ3) is 2.52. The van der Waals surface area contributed by atoms with Gasteiger partial charge < -0.3 is 10.5 Å². The minimum Gasteiger partial charge on any atom is -0.465 e. The van der Waals surface area contributed by atoms with E-state index in [2.05, 4.69) is 9.72 Å². The van der Waals surface area contributed by atoms with E-state index in [-0.39, 0.29) is 15.0 Å². The molecule has 1 rings (SSSR count). The number of nitrogen functional groups attached to an aromatic ring is 1. The number of halogens is 3. The van der Waals surface area contributed by atoms with Crippen molar-refractivity contribution in [1.82, 2.24) is 4.98 Å². The lowest BCUT2D eigenvalue weighted by Gasteiger charge is -2.07. The lowest BCUT2D eigenvalue weighted by Crippen LogP contribution is -2.11. The topological polar surface area (TPSA) is 65.2 Å². The van der Waals surface area contributed by atoms with E-state index in [1.807, 2.05) is 0 Å². The maximum Gasteiger partial charge on any atom is 0.342 e. The molecule has 0 saturated carbocycles. The number of anilines is 1. The molecule has 0 spiro atoms. The van der Waals surface area contributed by atoms with Gasteiger partial charge in [-0.1, -0.05) is 0 Å². The fourth-order valence-electron chi connectivity index (χ4n) is 0.968. The maximum absolute atomic E-state index is 12.3. The molecule has 1 aromatic heterocycles. The molecule has 0 aromatic carbocycles. The Bertz CT molecular complexity index is 375. The van der Waals surface area contributed by atoms with Gasteiger partial charge in [0.25, 0.3) is 6.43 Å². The number of ether oxygens (including phenoxy) is 1. The van der Waals surface area contributed by atoms with Gasteiger partial charge in [0.05, 0.1) is 12.8 Å². The van der Waals surface area contributed by atoms with E-state index >= 15 is 0 Å². The van der Waals surface area contributed by atoms with Gasteiger partial charge in [0.15, 0.2) is 0 Å². The van der Waals surface area contributed by atoms with Gasteiger partial charge in [0.1, 0.15) is 15.0 Å². The summed E-state index contributed by atoms with van der Waals surface area (Å²) < 4.78 is 29.2. The Morgan fingerprint density at radius 2 is 2.27 bits per heavy atom. The van der Waals surface area contributed by atoms with Crippen molar-refractivity contribution in [1.29, 1.82) is 0 Å². The lowest BCUT2D eigenvalue weighted by molar-refractivity contribution is 0.0599. The van der Waals surface area contributed by atoms with Crippen molar-refractivity contribution in [2.45, 2.75) is 6.43 Å². The molecule has 0 fully saturated rings. The van der Waals surface area contributed by atoms with Crippen LogP contribution in [-0.2, 0) is 4.74 Å². The van der Waals surface area contributed by atoms with Gasteiger partial charge >= 0.3 is 5.97 Å². The monoisotopic (exact) mass is 328 g/mol. The number of hydrogen-bond acceptors (Lipinski definition) is 4. The van der Waals surface area contributed by atoms with Crippen LogP contribution >= 0.6 is 22.6 Å². The predicted molar refractivity (Wildman–Crippen MR) is 57.7 cm³/mol. The van der Waals surface area contributed by atoms with Gasteiger partial charge in [-0.2, -0.15) is 0 Å². The SMILES string of the molecule is COC(=O)c1c(N)cc(C(F)F)nc1I. The Morgan fingerprint density at radius 1 is 1.67 bits per heavy atom. The molecule has 0 amide bonds. The third-order valence-corrected chi connectivity index (χ3v) is 2.42. The summed E-state index contributed by atoms with van der Waals surface area (Å²) in [6.07, 6.45) is -2.72. The van der Waals surface area contributed by atoms with Crippen LogP contribution in [0.1, 0.15) is 22.5 Å². The highest BCUT2D eigenvalue weighted by Crippen LogP contribution is 2.25. The Labute approximate surface area is 98.0 Å². The van der Waals surface area contributed by atoms with E-state index in [1.54, 1.807) is 22.6 Å². The molecular formula is C8H7F2IN2O2. The number of aromatic nitrogens is 1. The van der Waals surface area contributed by atoms with Crippen molar-refractivity contribution >= 4 is 34.2 Å². The summed E-state index contributed by atoms with van der Waals surface area (Å²) in [7, 11) is 1.18. The van der Waals surface area contributed by atoms with Crippen LogP contribution in [0.5, 0.6) is 0 Å². The highest BCUT2D eigenvalue weighted by atomic mass is 127. The minimum absolute atomic E-state index is 0.0162. The minimum atomic E-state index is -2.72. The molecular weight excluding hydrogens is 321 g/mol. The van der Waals surface area contributed by atoms with Crippen LogP contribution in [0.2, 0.25) is 0 Å². The number of pyridine rings is 1. The molecule has 0 bridgehead atoms. The molecule has 7 heteroatoms. The number of carbonyl (C=O) groups excluding carboxylic acids is 1. The molecule has 15 heavy (non-hydrogen) atoms. The summed E-state index contributed by atoms with van der Waals surface area (Å²) in [6.45, 7) is 0. The second kappa shape index (κ2) is 4.69. The molecule has 0 radical (unpaired) electrons. The van der Waals surface area contributed by atoms with Crippen LogP contribution < -0.4 is 5.73 Å². The highest BCUT2D eigenvalue weighted by molar-refractivity contribution is 14.1. The molecule has 1 aromatic rings. The fraction of sp³-hybridized carbons (Fsp3) is 0.250. The van der Waals surface area contributed by atoms with Crippen molar-refractivity contribution in [3.63, 3.8) is 0 Å². The zero-order valence-corrected chi connectivity index (χ0v) is 9.79. The summed E-state index contributed by atoms with van der Waals surface area (Å²) in [6, 6.07) is 0.971. The van der Waals surface area contributed by atoms with Crippen LogP contribution in [0.3, 0.4) is 0 Å². The standard InChI is InChI=1S/C8H7F2IN2O2/c1-15-8(14)5-3(12)2-4(6(9)10)13-7(5)11/h2,6H,1H3,(H2,12,13). The van der Waals surface area contributed by atoms with Gasteiger partial charge in [-0.05, 0) is 28.7 Å². The van der Waals surface area contributed by atoms with Crippen LogP contribution in [0.25, 0.3) is 0 Å². The van der Waals surface area contributed by atoms with Gasteiger partial charge in [-0.25, -0.2) is 18.6 Å². The molecule has 0 aliphatic heterocycles. The number of nitrogens with two attached hydrogens (primary N) is 1. The Kier molecular flexibility index (Phi) is 3.77. The number of esters is 1. The van der Waals surface area contributed by atoms with E-state index in [0.717, 1.165) is 6.07 Å². The molecule has 2 N–H and O–H groups in total. The molecule has 0 saturated heterocycles. The van der Waals surface area contributed by atoms with E-state index < -0.39 is 18.1 Å². The zero-order chi connectivity index (χ0) is 11.6. The van der Waals surface area contributed by atoms with Crippen LogP contribution in [-0.4, -0.2) is 18.1 Å². The molecule has 0 aliphatic carbocycles. The highest BCUT2D eigenvalue weighted by Gasteiger charge is 2.19. The van der Waals surface area contributed by atoms with Crippen molar-refractivity contribution in [3.05, 3.63) is 21.0 Å². The van der Waals surface area contributed by atoms with E-state index in [9.17, 15) is 13.6 Å². The average molecular weight is 328 g/mol. The predicted octanol–water partition coefficient (Wildman–Crippen LogP) is 1.99. The number of hydrogen-bond donors (Lipinski definition) is 1. The van der Waals surface area contributed by atoms with Crippen molar-refractivity contribution < 1.29 is 18.3 Å². The number of carbonyl (C=O) groups is 1. The molecule has 0 atom stereocenters. The summed E-state index contributed by atoms with van der Waals surface area (Å²) >= 11 is 1.66. The number of rotatable bonds is 2. The summed E-state index contributed by atoms with van der Waals surface area (Å²) in [5, 5.41) is 0. The van der Waals surface area contributed by atoms with Crippen molar-refractivity contribution in [3.8, 4) is 0 Å². The van der Waals surface area contributed by atoms with Gasteiger partial charge in [0, 0.05) is 0 Å². The summed E-state index contributed by atoms with van der Waals surface area (Å²) in [5.74, 6) is -0.690. The second-order valence-corrected chi connectivity index (χ2v) is 3.62. The first-order valence-electron chi connectivity index (χ1n) is 3.79. The maximum atomic E-state index is 12.3. The van der Waals surface area contributed by atoms with E-state index in [4.69, 9.17) is 5.73 Å². The first-order valence-corrected chi connectivity index (χ1v) is 4.87. The average Bonchev–Trinajstić information content (AvgIpc) is 2.16.